The van der Waals surface area contributed by atoms with E-state index < -0.39 is 0 Å². The molecule has 0 bridgehead atoms. The summed E-state index contributed by atoms with van der Waals surface area (Å²) in [5, 5.41) is 1.00. The molecule has 2 aliphatic heterocycles. The number of thiocarbonyl (C=S) groups is 2. The van der Waals surface area contributed by atoms with Crippen LogP contribution in [0.5, 0.6) is 0 Å². The van der Waals surface area contributed by atoms with E-state index in [1.807, 2.05) is 54.8 Å². The highest BCUT2D eigenvalue weighted by atomic mass is 32.1. The third-order valence-electron chi connectivity index (χ3n) is 5.03. The summed E-state index contributed by atoms with van der Waals surface area (Å²) in [5.41, 5.74) is 2.11. The van der Waals surface area contributed by atoms with Crippen molar-refractivity contribution >= 4 is 46.5 Å². The number of amides is 2. The number of aryl methyl sites for hydroxylation is 1. The van der Waals surface area contributed by atoms with Gasteiger partial charge in [0.15, 0.2) is 10.2 Å². The molecule has 1 aromatic carbocycles. The van der Waals surface area contributed by atoms with E-state index in [0.717, 1.165) is 24.0 Å². The predicted molar refractivity (Wildman–Crippen MR) is 117 cm³/mol. The Morgan fingerprint density at radius 2 is 1.29 bits per heavy atom. The average Bonchev–Trinajstić information content (AvgIpc) is 3.09. The van der Waals surface area contributed by atoms with Gasteiger partial charge < -0.3 is 9.80 Å². The molecule has 28 heavy (non-hydrogen) atoms. The second-order valence-electron chi connectivity index (χ2n) is 7.20. The maximum Gasteiger partial charge on any atom is 0.248 e. The van der Waals surface area contributed by atoms with Gasteiger partial charge >= 0.3 is 0 Å². The smallest absolute Gasteiger partial charge is 0.248 e. The molecule has 2 aliphatic rings. The van der Waals surface area contributed by atoms with Crippen LogP contribution in [0.1, 0.15) is 44.0 Å². The van der Waals surface area contributed by atoms with Crippen molar-refractivity contribution in [1.29, 1.82) is 0 Å². The number of benzene rings is 1. The minimum atomic E-state index is -0.378. The summed E-state index contributed by atoms with van der Waals surface area (Å²) in [4.78, 5) is 32.2. The van der Waals surface area contributed by atoms with E-state index in [9.17, 15) is 9.59 Å². The second-order valence-corrected chi connectivity index (χ2v) is 7.93. The molecule has 0 atom stereocenters. The van der Waals surface area contributed by atoms with E-state index in [-0.39, 0.29) is 31.1 Å². The fraction of sp³-hybridized carbons (Fsp3) is 0.500. The Morgan fingerprint density at radius 3 is 1.68 bits per heavy atom. The number of carbonyl (C=O) groups is 2. The Morgan fingerprint density at radius 1 is 0.857 bits per heavy atom. The summed E-state index contributed by atoms with van der Waals surface area (Å²) in [5.74, 6) is -0.0170. The van der Waals surface area contributed by atoms with Crippen LogP contribution in [0, 0.1) is 6.92 Å². The van der Waals surface area contributed by atoms with Gasteiger partial charge in [0.25, 0.3) is 0 Å². The Balaban J connectivity index is 1.99. The second kappa shape index (κ2) is 8.53. The van der Waals surface area contributed by atoms with E-state index in [4.69, 9.17) is 24.4 Å². The maximum atomic E-state index is 12.6. The topological polar surface area (TPSA) is 47.1 Å². The van der Waals surface area contributed by atoms with Crippen LogP contribution in [0.2, 0.25) is 0 Å². The zero-order valence-electron chi connectivity index (χ0n) is 16.6. The van der Waals surface area contributed by atoms with Gasteiger partial charge in [0.05, 0.1) is 0 Å². The number of rotatable bonds is 7. The van der Waals surface area contributed by atoms with Crippen molar-refractivity contribution < 1.29 is 9.59 Å². The average molecular weight is 419 g/mol. The van der Waals surface area contributed by atoms with Gasteiger partial charge in [-0.1, -0.05) is 43.7 Å². The van der Waals surface area contributed by atoms with Crippen LogP contribution in [0.25, 0.3) is 0 Å². The van der Waals surface area contributed by atoms with Crippen molar-refractivity contribution in [3.63, 3.8) is 0 Å². The maximum absolute atomic E-state index is 12.6. The summed E-state index contributed by atoms with van der Waals surface area (Å²) in [6.07, 6.45) is 1.29. The van der Waals surface area contributed by atoms with Gasteiger partial charge in [0.1, 0.15) is 19.3 Å². The first-order valence-corrected chi connectivity index (χ1v) is 10.5. The first kappa shape index (κ1) is 20.7. The minimum absolute atomic E-state index is 0.00850. The molecule has 2 heterocycles. The summed E-state index contributed by atoms with van der Waals surface area (Å²) < 4.78 is 0. The van der Waals surface area contributed by atoms with Crippen molar-refractivity contribution in [3.8, 4) is 0 Å². The van der Waals surface area contributed by atoms with Gasteiger partial charge in [-0.05, 0) is 49.8 Å². The highest BCUT2D eigenvalue weighted by Gasteiger charge is 2.44. The molecule has 0 N–H and O–H groups in total. The molecular formula is C20H26N4O2S2. The Kier molecular flexibility index (Phi) is 6.30. The van der Waals surface area contributed by atoms with Crippen molar-refractivity contribution in [2.75, 3.05) is 26.2 Å². The molecule has 0 aliphatic carbocycles. The highest BCUT2D eigenvalue weighted by Crippen LogP contribution is 2.33. The van der Waals surface area contributed by atoms with Crippen molar-refractivity contribution in [2.24, 2.45) is 0 Å². The van der Waals surface area contributed by atoms with Crippen LogP contribution >= 0.6 is 24.4 Å². The molecule has 0 radical (unpaired) electrons. The summed E-state index contributed by atoms with van der Waals surface area (Å²) in [6, 6.07) is 8.09. The van der Waals surface area contributed by atoms with Crippen molar-refractivity contribution in [2.45, 2.75) is 39.8 Å². The van der Waals surface area contributed by atoms with E-state index in [1.54, 1.807) is 9.80 Å². The number of hydrogen-bond acceptors (Lipinski definition) is 4. The SMILES string of the molecule is CCCN1C(=O)CN(C(c2ccc(C)cc2)N2CC(=O)N(CCC)C2=S)C1=S. The zero-order valence-corrected chi connectivity index (χ0v) is 18.2. The lowest BCUT2D eigenvalue weighted by Crippen LogP contribution is -2.45. The Labute approximate surface area is 177 Å². The highest BCUT2D eigenvalue weighted by molar-refractivity contribution is 7.80. The van der Waals surface area contributed by atoms with Gasteiger partial charge in [0, 0.05) is 13.1 Å². The third-order valence-corrected chi connectivity index (χ3v) is 5.94. The zero-order chi connectivity index (χ0) is 20.4. The molecule has 0 saturated carbocycles. The van der Waals surface area contributed by atoms with Crippen LogP contribution in [0.3, 0.4) is 0 Å². The normalized spacial score (nSPS) is 17.7. The van der Waals surface area contributed by atoms with E-state index in [1.165, 1.54) is 0 Å². The standard InChI is InChI=1S/C20H26N4O2S2/c1-4-10-21-16(25)12-23(19(21)27)18(15-8-6-14(3)7-9-15)24-13-17(26)22(11-5-2)20(24)28/h6-9,18H,4-5,10-13H2,1-3H3. The summed E-state index contributed by atoms with van der Waals surface area (Å²) in [6.45, 7) is 7.65. The number of hydrogen-bond donors (Lipinski definition) is 0. The molecule has 6 nitrogen and oxygen atoms in total. The van der Waals surface area contributed by atoms with Gasteiger partial charge in [-0.3, -0.25) is 19.4 Å². The lowest BCUT2D eigenvalue weighted by molar-refractivity contribution is -0.125. The lowest BCUT2D eigenvalue weighted by atomic mass is 10.1. The molecule has 3 rings (SSSR count). The van der Waals surface area contributed by atoms with Crippen molar-refractivity contribution in [1.82, 2.24) is 19.6 Å². The Hall–Kier alpha value is -2.06. The first-order chi connectivity index (χ1) is 13.4. The monoisotopic (exact) mass is 418 g/mol. The molecule has 0 aromatic heterocycles. The summed E-state index contributed by atoms with van der Waals surface area (Å²) >= 11 is 11.3. The number of nitrogens with zero attached hydrogens (tertiary/aromatic N) is 4. The van der Waals surface area contributed by atoms with Gasteiger partial charge in [-0.2, -0.15) is 0 Å². The van der Waals surface area contributed by atoms with Crippen LogP contribution in [-0.2, 0) is 9.59 Å². The fourth-order valence-electron chi connectivity index (χ4n) is 3.66. The largest absolute Gasteiger partial charge is 0.315 e. The molecular weight excluding hydrogens is 392 g/mol. The minimum Gasteiger partial charge on any atom is -0.315 e. The molecule has 150 valence electrons. The molecule has 0 spiro atoms. The lowest BCUT2D eigenvalue weighted by Gasteiger charge is -2.37. The molecule has 2 saturated heterocycles. The van der Waals surface area contributed by atoms with Gasteiger partial charge in [-0.15, -0.1) is 0 Å². The van der Waals surface area contributed by atoms with Crippen LogP contribution in [0.15, 0.2) is 24.3 Å². The summed E-state index contributed by atoms with van der Waals surface area (Å²) in [7, 11) is 0. The van der Waals surface area contributed by atoms with Crippen LogP contribution < -0.4 is 0 Å². The fourth-order valence-corrected chi connectivity index (χ4v) is 4.37. The Bertz CT molecular complexity index is 752. The molecule has 2 amide bonds. The van der Waals surface area contributed by atoms with Gasteiger partial charge in [0.2, 0.25) is 11.8 Å². The van der Waals surface area contributed by atoms with Crippen LogP contribution in [0.4, 0.5) is 0 Å². The van der Waals surface area contributed by atoms with E-state index in [0.29, 0.717) is 23.3 Å². The molecule has 1 aromatic rings. The van der Waals surface area contributed by atoms with Gasteiger partial charge in [-0.25, -0.2) is 0 Å². The van der Waals surface area contributed by atoms with E-state index >= 15 is 0 Å². The van der Waals surface area contributed by atoms with E-state index in [2.05, 4.69) is 0 Å². The molecule has 0 unspecified atom stereocenters. The number of carbonyl (C=O) groups excluding carboxylic acids is 2. The predicted octanol–water partition coefficient (Wildman–Crippen LogP) is 2.67. The molecule has 8 heteroatoms. The van der Waals surface area contributed by atoms with Crippen LogP contribution in [-0.4, -0.2) is 67.8 Å². The quantitative estimate of drug-likeness (QED) is 0.635. The third kappa shape index (κ3) is 3.75. The van der Waals surface area contributed by atoms with Crippen molar-refractivity contribution in [3.05, 3.63) is 35.4 Å². The first-order valence-electron chi connectivity index (χ1n) is 9.67. The molecule has 2 fully saturated rings.